The van der Waals surface area contributed by atoms with Crippen molar-refractivity contribution in [2.75, 3.05) is 19.0 Å². The van der Waals surface area contributed by atoms with Crippen LogP contribution in [0.4, 0.5) is 0 Å². The third-order valence-electron chi connectivity index (χ3n) is 3.88. The first-order chi connectivity index (χ1) is 9.79. The number of halogens is 1. The summed E-state index contributed by atoms with van der Waals surface area (Å²) in [7, 11) is 0. The fourth-order valence-electron chi connectivity index (χ4n) is 2.85. The van der Waals surface area contributed by atoms with Crippen LogP contribution in [0.1, 0.15) is 56.0 Å². The number of carbonyl (C=O) groups is 1. The third-order valence-corrected chi connectivity index (χ3v) is 4.11. The van der Waals surface area contributed by atoms with Crippen LogP contribution >= 0.6 is 11.6 Å². The fraction of sp³-hybridized carbons (Fsp3) is 0.769. The zero-order chi connectivity index (χ0) is 13.9. The SMILES string of the molecule is O=C(CCl)N1CCCCC1c1nnc([C@H]2CCCO2)o1. The van der Waals surface area contributed by atoms with Crippen LogP contribution < -0.4 is 0 Å². The van der Waals surface area contributed by atoms with Crippen LogP contribution in [0.25, 0.3) is 0 Å². The van der Waals surface area contributed by atoms with E-state index >= 15 is 0 Å². The van der Waals surface area contributed by atoms with Crippen molar-refractivity contribution in [3.63, 3.8) is 0 Å². The zero-order valence-corrected chi connectivity index (χ0v) is 12.0. The van der Waals surface area contributed by atoms with E-state index in [4.69, 9.17) is 20.8 Å². The second-order valence-corrected chi connectivity index (χ2v) is 5.48. The Labute approximate surface area is 122 Å². The van der Waals surface area contributed by atoms with Crippen LogP contribution in [0, 0.1) is 0 Å². The minimum Gasteiger partial charge on any atom is -0.420 e. The number of hydrogen-bond donors (Lipinski definition) is 0. The standard InChI is InChI=1S/C13H18ClN3O3/c14-8-11(18)17-6-2-1-4-9(17)12-15-16-13(20-12)10-5-3-7-19-10/h9-10H,1-8H2/t9?,10-/m1/s1. The summed E-state index contributed by atoms with van der Waals surface area (Å²) in [5.74, 6) is 0.951. The Morgan fingerprint density at radius 1 is 1.25 bits per heavy atom. The highest BCUT2D eigenvalue weighted by Gasteiger charge is 2.33. The van der Waals surface area contributed by atoms with Crippen molar-refractivity contribution >= 4 is 17.5 Å². The van der Waals surface area contributed by atoms with E-state index in [1.165, 1.54) is 0 Å². The summed E-state index contributed by atoms with van der Waals surface area (Å²) in [6.45, 7) is 1.44. The van der Waals surface area contributed by atoms with E-state index in [1.54, 1.807) is 4.90 Å². The highest BCUT2D eigenvalue weighted by atomic mass is 35.5. The minimum absolute atomic E-state index is 0.0107. The molecule has 7 heteroatoms. The number of amides is 1. The van der Waals surface area contributed by atoms with Crippen LogP contribution in [0.15, 0.2) is 4.42 Å². The molecule has 1 aromatic rings. The molecule has 3 rings (SSSR count). The first-order valence-electron chi connectivity index (χ1n) is 7.10. The molecular formula is C13H18ClN3O3. The van der Waals surface area contributed by atoms with Gasteiger partial charge in [-0.05, 0) is 32.1 Å². The van der Waals surface area contributed by atoms with Crippen molar-refractivity contribution in [3.8, 4) is 0 Å². The van der Waals surface area contributed by atoms with E-state index < -0.39 is 0 Å². The first kappa shape index (κ1) is 13.8. The molecule has 2 aliphatic rings. The van der Waals surface area contributed by atoms with Crippen molar-refractivity contribution < 1.29 is 13.9 Å². The predicted octanol–water partition coefficient (Wildman–Crippen LogP) is 2.21. The molecule has 2 atom stereocenters. The third kappa shape index (κ3) is 2.67. The average molecular weight is 300 g/mol. The van der Waals surface area contributed by atoms with Crippen LogP contribution in [0.5, 0.6) is 0 Å². The molecule has 1 unspecified atom stereocenters. The number of rotatable bonds is 3. The van der Waals surface area contributed by atoms with Gasteiger partial charge in [0, 0.05) is 13.2 Å². The van der Waals surface area contributed by atoms with Crippen LogP contribution in [0.3, 0.4) is 0 Å². The van der Waals surface area contributed by atoms with Gasteiger partial charge in [0.1, 0.15) is 18.0 Å². The minimum atomic E-state index is -0.141. The fourth-order valence-corrected chi connectivity index (χ4v) is 3.00. The highest BCUT2D eigenvalue weighted by Crippen LogP contribution is 2.33. The lowest BCUT2D eigenvalue weighted by atomic mass is 10.0. The Hall–Kier alpha value is -1.14. The molecule has 1 aromatic heterocycles. The van der Waals surface area contributed by atoms with E-state index in [1.807, 2.05) is 0 Å². The topological polar surface area (TPSA) is 68.5 Å². The maximum atomic E-state index is 11.9. The Balaban J connectivity index is 1.77. The second kappa shape index (κ2) is 6.10. The molecule has 2 aliphatic heterocycles. The molecule has 0 aromatic carbocycles. The second-order valence-electron chi connectivity index (χ2n) is 5.21. The van der Waals surface area contributed by atoms with E-state index in [-0.39, 0.29) is 23.9 Å². The lowest BCUT2D eigenvalue weighted by Gasteiger charge is -2.33. The number of carbonyl (C=O) groups excluding carboxylic acids is 1. The van der Waals surface area contributed by atoms with Crippen LogP contribution in [-0.2, 0) is 9.53 Å². The lowest BCUT2D eigenvalue weighted by molar-refractivity contribution is -0.132. The van der Waals surface area contributed by atoms with Gasteiger partial charge in [-0.2, -0.15) is 0 Å². The Morgan fingerprint density at radius 2 is 2.10 bits per heavy atom. The molecule has 1 amide bonds. The first-order valence-corrected chi connectivity index (χ1v) is 7.63. The number of aromatic nitrogens is 2. The molecule has 2 fully saturated rings. The Kier molecular flexibility index (Phi) is 4.21. The summed E-state index contributed by atoms with van der Waals surface area (Å²) >= 11 is 5.67. The molecule has 0 bridgehead atoms. The lowest BCUT2D eigenvalue weighted by Crippen LogP contribution is -2.39. The normalized spacial score (nSPS) is 26.9. The number of ether oxygens (including phenoxy) is 1. The van der Waals surface area contributed by atoms with Gasteiger partial charge in [-0.15, -0.1) is 21.8 Å². The maximum absolute atomic E-state index is 11.9. The van der Waals surface area contributed by atoms with Gasteiger partial charge in [0.05, 0.1) is 0 Å². The number of likely N-dealkylation sites (tertiary alicyclic amines) is 1. The van der Waals surface area contributed by atoms with Crippen LogP contribution in [-0.4, -0.2) is 40.0 Å². The summed E-state index contributed by atoms with van der Waals surface area (Å²) in [6, 6.07) is -0.141. The van der Waals surface area contributed by atoms with Crippen molar-refractivity contribution in [2.45, 2.75) is 44.2 Å². The van der Waals surface area contributed by atoms with Gasteiger partial charge < -0.3 is 14.1 Å². The number of alkyl halides is 1. The molecule has 3 heterocycles. The smallest absolute Gasteiger partial charge is 0.245 e. The molecule has 0 N–H and O–H groups in total. The van der Waals surface area contributed by atoms with Crippen molar-refractivity contribution in [1.82, 2.24) is 15.1 Å². The number of piperidine rings is 1. The van der Waals surface area contributed by atoms with Gasteiger partial charge in [-0.25, -0.2) is 0 Å². The molecule has 110 valence electrons. The van der Waals surface area contributed by atoms with Crippen molar-refractivity contribution in [2.24, 2.45) is 0 Å². The molecule has 20 heavy (non-hydrogen) atoms. The van der Waals surface area contributed by atoms with E-state index in [0.29, 0.717) is 18.3 Å². The Morgan fingerprint density at radius 3 is 2.85 bits per heavy atom. The summed E-state index contributed by atoms with van der Waals surface area (Å²) < 4.78 is 11.3. The highest BCUT2D eigenvalue weighted by molar-refractivity contribution is 6.27. The predicted molar refractivity (Wildman–Crippen MR) is 71.3 cm³/mol. The zero-order valence-electron chi connectivity index (χ0n) is 11.3. The molecule has 0 saturated carbocycles. The molecule has 2 saturated heterocycles. The summed E-state index contributed by atoms with van der Waals surface area (Å²) in [4.78, 5) is 13.6. The van der Waals surface area contributed by atoms with Gasteiger partial charge in [0.2, 0.25) is 17.7 Å². The molecule has 6 nitrogen and oxygen atoms in total. The van der Waals surface area contributed by atoms with Crippen molar-refractivity contribution in [3.05, 3.63) is 11.8 Å². The van der Waals surface area contributed by atoms with Gasteiger partial charge >= 0.3 is 0 Å². The molecule has 0 radical (unpaired) electrons. The van der Waals surface area contributed by atoms with E-state index in [0.717, 1.165) is 38.7 Å². The van der Waals surface area contributed by atoms with E-state index in [9.17, 15) is 4.79 Å². The largest absolute Gasteiger partial charge is 0.420 e. The monoisotopic (exact) mass is 299 g/mol. The Bertz CT molecular complexity index is 473. The summed E-state index contributed by atoms with van der Waals surface area (Å²) in [6.07, 6.45) is 4.73. The summed E-state index contributed by atoms with van der Waals surface area (Å²) in [5, 5.41) is 8.20. The number of hydrogen-bond acceptors (Lipinski definition) is 5. The quantitative estimate of drug-likeness (QED) is 0.801. The molecule has 0 spiro atoms. The summed E-state index contributed by atoms with van der Waals surface area (Å²) in [5.41, 5.74) is 0. The van der Waals surface area contributed by atoms with Gasteiger partial charge in [-0.3, -0.25) is 4.79 Å². The van der Waals surface area contributed by atoms with Crippen LogP contribution in [0.2, 0.25) is 0 Å². The van der Waals surface area contributed by atoms with Gasteiger partial charge in [0.25, 0.3) is 0 Å². The van der Waals surface area contributed by atoms with Gasteiger partial charge in [-0.1, -0.05) is 0 Å². The van der Waals surface area contributed by atoms with Gasteiger partial charge in [0.15, 0.2) is 0 Å². The average Bonchev–Trinajstić information content (AvgIpc) is 3.17. The van der Waals surface area contributed by atoms with Crippen molar-refractivity contribution in [1.29, 1.82) is 0 Å². The van der Waals surface area contributed by atoms with E-state index in [2.05, 4.69) is 10.2 Å². The number of nitrogens with zero attached hydrogens (tertiary/aromatic N) is 3. The molecular weight excluding hydrogens is 282 g/mol. The maximum Gasteiger partial charge on any atom is 0.245 e. The molecule has 0 aliphatic carbocycles.